The van der Waals surface area contributed by atoms with Gasteiger partial charge in [0, 0.05) is 23.7 Å². The maximum atomic E-state index is 13.3. The lowest BCUT2D eigenvalue weighted by Crippen LogP contribution is -2.29. The maximum Gasteiger partial charge on any atom is 0.416 e. The maximum absolute atomic E-state index is 13.3. The van der Waals surface area contributed by atoms with Gasteiger partial charge in [-0.25, -0.2) is 9.97 Å². The minimum absolute atomic E-state index is 0.0262. The molecular formula is C27H16F4N6O4S2. The number of nitrogens with zero attached hydrogens (tertiary/aromatic N) is 4. The number of carbonyl (C=O) groups is 3. The highest BCUT2D eigenvalue weighted by atomic mass is 32.2. The molecule has 2 N–H and O–H groups in total. The van der Waals surface area contributed by atoms with E-state index in [9.17, 15) is 31.9 Å². The smallest absolute Gasteiger partial charge is 0.416 e. The largest absolute Gasteiger partial charge is 0.422 e. The van der Waals surface area contributed by atoms with Crippen molar-refractivity contribution in [2.24, 2.45) is 0 Å². The molecule has 0 bridgehead atoms. The van der Waals surface area contributed by atoms with Crippen LogP contribution in [0.25, 0.3) is 21.3 Å². The zero-order valence-electron chi connectivity index (χ0n) is 21.4. The van der Waals surface area contributed by atoms with Gasteiger partial charge in [0.1, 0.15) is 10.3 Å². The van der Waals surface area contributed by atoms with E-state index in [0.717, 1.165) is 41.6 Å². The third-order valence-corrected chi connectivity index (χ3v) is 8.38. The first-order valence-corrected chi connectivity index (χ1v) is 14.1. The van der Waals surface area contributed by atoms with Crippen molar-refractivity contribution in [2.45, 2.75) is 23.9 Å². The number of fused-ring (bicyclic) bond motifs is 1. The number of rotatable bonds is 7. The van der Waals surface area contributed by atoms with Gasteiger partial charge in [0.05, 0.1) is 15.8 Å². The molecule has 218 valence electrons. The van der Waals surface area contributed by atoms with E-state index in [1.807, 2.05) is 6.07 Å². The van der Waals surface area contributed by atoms with Crippen molar-refractivity contribution in [3.8, 4) is 11.1 Å². The van der Waals surface area contributed by atoms with Crippen LogP contribution in [0.5, 0.6) is 0 Å². The first kappa shape index (κ1) is 28.4. The second kappa shape index (κ2) is 11.2. The van der Waals surface area contributed by atoms with Crippen molar-refractivity contribution in [3.63, 3.8) is 0 Å². The fourth-order valence-corrected chi connectivity index (χ4v) is 6.06. The number of carbonyl (C=O) groups excluding carboxylic acids is 3. The normalized spacial score (nSPS) is 16.0. The molecule has 1 aliphatic heterocycles. The molecule has 2 unspecified atom stereocenters. The van der Waals surface area contributed by atoms with Gasteiger partial charge in [0.25, 0.3) is 11.1 Å². The molecule has 16 heteroatoms. The lowest BCUT2D eigenvalue weighted by molar-refractivity contribution is -0.137. The first-order valence-electron chi connectivity index (χ1n) is 12.4. The third-order valence-electron chi connectivity index (χ3n) is 6.32. The highest BCUT2D eigenvalue weighted by Crippen LogP contribution is 2.34. The van der Waals surface area contributed by atoms with Crippen molar-refractivity contribution >= 4 is 50.4 Å². The summed E-state index contributed by atoms with van der Waals surface area (Å²) in [6.07, 6.45) is -3.23. The number of benzene rings is 2. The summed E-state index contributed by atoms with van der Waals surface area (Å²) in [4.78, 5) is 45.0. The number of thioether (sulfide) groups is 1. The van der Waals surface area contributed by atoms with Crippen LogP contribution in [0.1, 0.15) is 38.8 Å². The van der Waals surface area contributed by atoms with Crippen LogP contribution in [0, 0.1) is 5.95 Å². The zero-order chi connectivity index (χ0) is 30.3. The number of amides is 3. The molecule has 0 aliphatic carbocycles. The topological polar surface area (TPSA) is 140 Å². The summed E-state index contributed by atoms with van der Waals surface area (Å²) in [6, 6.07) is 10.7. The van der Waals surface area contributed by atoms with E-state index >= 15 is 0 Å². The van der Waals surface area contributed by atoms with Crippen LogP contribution in [0.4, 0.5) is 22.4 Å². The Balaban J connectivity index is 1.33. The minimum atomic E-state index is -4.57. The summed E-state index contributed by atoms with van der Waals surface area (Å²) in [5.74, 6) is -1.91. The number of nitrogens with one attached hydrogen (secondary N) is 2. The Kier molecular flexibility index (Phi) is 7.39. The van der Waals surface area contributed by atoms with Crippen molar-refractivity contribution < 1.29 is 36.4 Å². The predicted molar refractivity (Wildman–Crippen MR) is 146 cm³/mol. The third kappa shape index (κ3) is 6.10. The van der Waals surface area contributed by atoms with E-state index in [1.54, 1.807) is 18.2 Å². The molecule has 6 rings (SSSR count). The molecule has 4 heterocycles. The Hall–Kier alpha value is -4.70. The molecule has 1 saturated heterocycles. The van der Waals surface area contributed by atoms with E-state index in [2.05, 4.69) is 30.8 Å². The number of hydrogen-bond acceptors (Lipinski definition) is 10. The van der Waals surface area contributed by atoms with E-state index in [1.165, 1.54) is 23.6 Å². The molecule has 2 aromatic carbocycles. The molecule has 0 saturated carbocycles. The van der Waals surface area contributed by atoms with Gasteiger partial charge >= 0.3 is 6.18 Å². The van der Waals surface area contributed by atoms with E-state index in [0.29, 0.717) is 20.8 Å². The first-order chi connectivity index (χ1) is 20.5. The summed E-state index contributed by atoms with van der Waals surface area (Å²) >= 11 is 1.97. The number of thiazole rings is 1. The van der Waals surface area contributed by atoms with E-state index < -0.39 is 46.0 Å². The Morgan fingerprint density at radius 1 is 1.05 bits per heavy atom. The van der Waals surface area contributed by atoms with Gasteiger partial charge in [-0.2, -0.15) is 17.6 Å². The van der Waals surface area contributed by atoms with Crippen LogP contribution in [0.3, 0.4) is 0 Å². The van der Waals surface area contributed by atoms with Gasteiger partial charge in [0.2, 0.25) is 23.6 Å². The van der Waals surface area contributed by atoms with Gasteiger partial charge in [-0.15, -0.1) is 21.5 Å². The molecule has 10 nitrogen and oxygen atoms in total. The standard InChI is InChI=1S/C27H16F4N6O4S2/c28-19-8-4-14(11-32-19)13-3-7-16-17(9-13)42-25(33-16)21(34-22(38)12-1-5-15(6-2-12)27(29,30)31)24-37-36-20(41-24)10-18-23(39)35-26(40)43-18/h1-9,11,18,21H,10H2,(H,34,38)(H,35,39,40). The Morgan fingerprint density at radius 2 is 1.81 bits per heavy atom. The highest BCUT2D eigenvalue weighted by Gasteiger charge is 2.34. The van der Waals surface area contributed by atoms with Crippen LogP contribution in [-0.4, -0.2) is 42.5 Å². The van der Waals surface area contributed by atoms with E-state index in [4.69, 9.17) is 4.42 Å². The summed E-state index contributed by atoms with van der Waals surface area (Å²) in [5.41, 5.74) is 1.00. The number of halogens is 4. The predicted octanol–water partition coefficient (Wildman–Crippen LogP) is 5.31. The summed E-state index contributed by atoms with van der Waals surface area (Å²) in [7, 11) is 0. The second-order valence-electron chi connectivity index (χ2n) is 9.21. The van der Waals surface area contributed by atoms with Crippen LogP contribution in [-0.2, 0) is 17.4 Å². The molecular weight excluding hydrogens is 612 g/mol. The number of imide groups is 1. The Labute approximate surface area is 246 Å². The lowest BCUT2D eigenvalue weighted by atomic mass is 10.1. The monoisotopic (exact) mass is 628 g/mol. The number of aromatic nitrogens is 4. The lowest BCUT2D eigenvalue weighted by Gasteiger charge is -2.13. The second-order valence-corrected chi connectivity index (χ2v) is 11.4. The fourth-order valence-electron chi connectivity index (χ4n) is 4.20. The van der Waals surface area contributed by atoms with Gasteiger partial charge in [-0.05, 0) is 54.1 Å². The van der Waals surface area contributed by atoms with Crippen molar-refractivity contribution in [3.05, 3.63) is 94.7 Å². The number of pyridine rings is 1. The van der Waals surface area contributed by atoms with Crippen LogP contribution < -0.4 is 10.6 Å². The van der Waals surface area contributed by atoms with Crippen LogP contribution in [0.2, 0.25) is 0 Å². The Bertz CT molecular complexity index is 1860. The van der Waals surface area contributed by atoms with Crippen molar-refractivity contribution in [1.82, 2.24) is 30.8 Å². The molecule has 43 heavy (non-hydrogen) atoms. The SMILES string of the molecule is O=C1NC(=O)C(Cc2nnc(C(NC(=O)c3ccc(C(F)(F)F)cc3)c3nc4ccc(-c5ccc(F)nc5)cc4s3)o2)S1. The summed E-state index contributed by atoms with van der Waals surface area (Å²) < 4.78 is 58.8. The molecule has 0 spiro atoms. The average molecular weight is 629 g/mol. The van der Waals surface area contributed by atoms with Gasteiger partial charge in [-0.1, -0.05) is 17.8 Å². The summed E-state index contributed by atoms with van der Waals surface area (Å²) in [6.45, 7) is 0. The molecule has 2 atom stereocenters. The van der Waals surface area contributed by atoms with Crippen molar-refractivity contribution in [2.75, 3.05) is 0 Å². The molecule has 1 fully saturated rings. The average Bonchev–Trinajstić information content (AvgIpc) is 3.69. The minimum Gasteiger partial charge on any atom is -0.422 e. The quantitative estimate of drug-likeness (QED) is 0.181. The molecule has 5 aromatic rings. The fraction of sp³-hybridized carbons (Fsp3) is 0.148. The van der Waals surface area contributed by atoms with Crippen LogP contribution >= 0.6 is 23.1 Å². The molecule has 1 aliphatic rings. The zero-order valence-corrected chi connectivity index (χ0v) is 23.0. The van der Waals surface area contributed by atoms with Gasteiger partial charge in [0.15, 0.2) is 6.04 Å². The highest BCUT2D eigenvalue weighted by molar-refractivity contribution is 8.15. The Morgan fingerprint density at radius 3 is 2.49 bits per heavy atom. The van der Waals surface area contributed by atoms with Gasteiger partial charge in [-0.3, -0.25) is 19.7 Å². The van der Waals surface area contributed by atoms with E-state index in [-0.39, 0.29) is 23.8 Å². The molecule has 3 aromatic heterocycles. The van der Waals surface area contributed by atoms with Crippen molar-refractivity contribution in [1.29, 1.82) is 0 Å². The number of hydrogen-bond donors (Lipinski definition) is 2. The molecule has 0 radical (unpaired) electrons. The summed E-state index contributed by atoms with van der Waals surface area (Å²) in [5, 5.41) is 11.9. The van der Waals surface area contributed by atoms with Crippen LogP contribution in [0.15, 0.2) is 65.2 Å². The molecule has 3 amide bonds. The van der Waals surface area contributed by atoms with Gasteiger partial charge < -0.3 is 9.73 Å². The number of alkyl halides is 3.